The van der Waals surface area contributed by atoms with Crippen LogP contribution < -0.4 is 4.74 Å². The number of rotatable bonds is 4. The highest BCUT2D eigenvalue weighted by Gasteiger charge is 2.35. The van der Waals surface area contributed by atoms with Gasteiger partial charge in [0.05, 0.1) is 0 Å². The third-order valence-corrected chi connectivity index (χ3v) is 6.13. The van der Waals surface area contributed by atoms with Gasteiger partial charge in [-0.3, -0.25) is 9.78 Å². The summed E-state index contributed by atoms with van der Waals surface area (Å²) in [5, 5.41) is 2.41. The molecule has 2 aromatic carbocycles. The largest absolute Gasteiger partial charge is 0.490 e. The van der Waals surface area contributed by atoms with E-state index in [2.05, 4.69) is 54.4 Å². The molecule has 1 aliphatic carbocycles. The molecule has 0 atom stereocenters. The lowest BCUT2D eigenvalue weighted by atomic mass is 10.0. The highest BCUT2D eigenvalue weighted by atomic mass is 16.5. The van der Waals surface area contributed by atoms with Crippen LogP contribution in [0.1, 0.15) is 31.2 Å². The minimum absolute atomic E-state index is 0.194. The molecular formula is C25H26N2O2. The number of likely N-dealkylation sites (tertiary alicyclic amines) is 1. The maximum atomic E-state index is 12.2. The van der Waals surface area contributed by atoms with Gasteiger partial charge in [0, 0.05) is 49.6 Å². The van der Waals surface area contributed by atoms with Crippen LogP contribution in [0.3, 0.4) is 0 Å². The maximum Gasteiger partial charge on any atom is 0.225 e. The molecule has 2 aliphatic rings. The second-order valence-electron chi connectivity index (χ2n) is 8.33. The SMILES string of the molecule is Cc1cncc2ccc(-c3ccc(OC4CCN(C(=O)C5CC5)CC4)cc3)cc12. The number of hydrogen-bond donors (Lipinski definition) is 0. The minimum Gasteiger partial charge on any atom is -0.490 e. The van der Waals surface area contributed by atoms with Crippen molar-refractivity contribution in [2.24, 2.45) is 5.92 Å². The number of fused-ring (bicyclic) bond motifs is 1. The molecule has 1 aliphatic heterocycles. The molecule has 4 nitrogen and oxygen atoms in total. The Hall–Kier alpha value is -2.88. The van der Waals surface area contributed by atoms with E-state index in [1.165, 1.54) is 27.5 Å². The van der Waals surface area contributed by atoms with Gasteiger partial charge < -0.3 is 9.64 Å². The second kappa shape index (κ2) is 7.51. The highest BCUT2D eigenvalue weighted by molar-refractivity contribution is 5.89. The van der Waals surface area contributed by atoms with E-state index in [1.54, 1.807) is 0 Å². The Morgan fingerprint density at radius 1 is 0.966 bits per heavy atom. The lowest BCUT2D eigenvalue weighted by Crippen LogP contribution is -2.42. The van der Waals surface area contributed by atoms with Gasteiger partial charge in [-0.15, -0.1) is 0 Å². The summed E-state index contributed by atoms with van der Waals surface area (Å²) in [6.45, 7) is 3.74. The summed E-state index contributed by atoms with van der Waals surface area (Å²) in [6, 6.07) is 14.9. The van der Waals surface area contributed by atoms with Crippen LogP contribution >= 0.6 is 0 Å². The van der Waals surface area contributed by atoms with Crippen LogP contribution in [0.2, 0.25) is 0 Å². The quantitative estimate of drug-likeness (QED) is 0.634. The predicted octanol–water partition coefficient (Wildman–Crippen LogP) is 4.99. The first kappa shape index (κ1) is 18.2. The number of ether oxygens (including phenoxy) is 1. The van der Waals surface area contributed by atoms with Crippen molar-refractivity contribution < 1.29 is 9.53 Å². The molecular weight excluding hydrogens is 360 g/mol. The van der Waals surface area contributed by atoms with Gasteiger partial charge >= 0.3 is 0 Å². The van der Waals surface area contributed by atoms with E-state index in [9.17, 15) is 4.79 Å². The normalized spacial score (nSPS) is 17.5. The van der Waals surface area contributed by atoms with E-state index >= 15 is 0 Å². The van der Waals surface area contributed by atoms with Gasteiger partial charge in [-0.2, -0.15) is 0 Å². The van der Waals surface area contributed by atoms with E-state index in [4.69, 9.17) is 4.74 Å². The first-order valence-corrected chi connectivity index (χ1v) is 10.6. The molecule has 1 saturated carbocycles. The second-order valence-corrected chi connectivity index (χ2v) is 8.33. The monoisotopic (exact) mass is 386 g/mol. The number of carbonyl (C=O) groups excluding carboxylic acids is 1. The summed E-state index contributed by atoms with van der Waals surface area (Å²) in [5.74, 6) is 1.58. The van der Waals surface area contributed by atoms with Gasteiger partial charge in [0.2, 0.25) is 5.91 Å². The van der Waals surface area contributed by atoms with Crippen molar-refractivity contribution in [3.05, 3.63) is 60.4 Å². The summed E-state index contributed by atoms with van der Waals surface area (Å²) in [6.07, 6.45) is 8.00. The number of carbonyl (C=O) groups is 1. The molecule has 0 spiro atoms. The molecule has 2 fully saturated rings. The van der Waals surface area contributed by atoms with E-state index in [-0.39, 0.29) is 6.10 Å². The molecule has 5 rings (SSSR count). The van der Waals surface area contributed by atoms with Gasteiger partial charge in [0.25, 0.3) is 0 Å². The lowest BCUT2D eigenvalue weighted by molar-refractivity contribution is -0.134. The molecule has 4 heteroatoms. The molecule has 148 valence electrons. The molecule has 29 heavy (non-hydrogen) atoms. The van der Waals surface area contributed by atoms with Crippen LogP contribution in [0.5, 0.6) is 5.75 Å². The van der Waals surface area contributed by atoms with Gasteiger partial charge in [0.15, 0.2) is 0 Å². The number of aromatic nitrogens is 1. The van der Waals surface area contributed by atoms with Crippen LogP contribution in [0.4, 0.5) is 0 Å². The van der Waals surface area contributed by atoms with Crippen LogP contribution in [-0.2, 0) is 4.79 Å². The number of hydrogen-bond acceptors (Lipinski definition) is 3. The molecule has 1 saturated heterocycles. The maximum absolute atomic E-state index is 12.2. The molecule has 3 aromatic rings. The molecule has 2 heterocycles. The summed E-state index contributed by atoms with van der Waals surface area (Å²) in [7, 11) is 0. The van der Waals surface area contributed by atoms with E-state index in [1.807, 2.05) is 17.3 Å². The zero-order valence-electron chi connectivity index (χ0n) is 16.8. The standard InChI is InChI=1S/C25H26N2O2/c1-17-15-26-16-21-5-4-20(14-24(17)21)18-6-8-22(9-7-18)29-23-10-12-27(13-11-23)25(28)19-2-3-19/h4-9,14-16,19,23H,2-3,10-13H2,1H3. The minimum atomic E-state index is 0.194. The van der Waals surface area contributed by atoms with Crippen molar-refractivity contribution in [3.8, 4) is 16.9 Å². The average molecular weight is 386 g/mol. The van der Waals surface area contributed by atoms with E-state index in [0.29, 0.717) is 11.8 Å². The Morgan fingerprint density at radius 3 is 2.41 bits per heavy atom. The van der Waals surface area contributed by atoms with Crippen LogP contribution in [0.25, 0.3) is 21.9 Å². The number of piperidine rings is 1. The number of pyridine rings is 1. The lowest BCUT2D eigenvalue weighted by Gasteiger charge is -2.32. The van der Waals surface area contributed by atoms with Gasteiger partial charge in [0.1, 0.15) is 11.9 Å². The summed E-state index contributed by atoms with van der Waals surface area (Å²) in [4.78, 5) is 18.5. The molecule has 0 bridgehead atoms. The predicted molar refractivity (Wildman–Crippen MR) is 115 cm³/mol. The average Bonchev–Trinajstić information content (AvgIpc) is 3.60. The zero-order chi connectivity index (χ0) is 19.8. The fourth-order valence-corrected chi connectivity index (χ4v) is 4.19. The van der Waals surface area contributed by atoms with Crippen molar-refractivity contribution in [2.45, 2.75) is 38.7 Å². The topological polar surface area (TPSA) is 42.4 Å². The zero-order valence-corrected chi connectivity index (χ0v) is 16.8. The Morgan fingerprint density at radius 2 is 1.69 bits per heavy atom. The summed E-state index contributed by atoms with van der Waals surface area (Å²) >= 11 is 0. The van der Waals surface area contributed by atoms with Crippen molar-refractivity contribution in [1.29, 1.82) is 0 Å². The first-order chi connectivity index (χ1) is 14.2. The fraction of sp³-hybridized carbons (Fsp3) is 0.360. The Bertz CT molecular complexity index is 1030. The highest BCUT2D eigenvalue weighted by Crippen LogP contribution is 2.32. The van der Waals surface area contributed by atoms with Crippen LogP contribution in [0.15, 0.2) is 54.9 Å². The number of benzene rings is 2. The van der Waals surface area contributed by atoms with Crippen molar-refractivity contribution in [3.63, 3.8) is 0 Å². The molecule has 0 radical (unpaired) electrons. The third-order valence-electron chi connectivity index (χ3n) is 6.13. The van der Waals surface area contributed by atoms with Crippen LogP contribution in [0, 0.1) is 12.8 Å². The van der Waals surface area contributed by atoms with Gasteiger partial charge in [-0.25, -0.2) is 0 Å². The van der Waals surface area contributed by atoms with Gasteiger partial charge in [-0.1, -0.05) is 24.3 Å². The molecule has 0 unspecified atom stereocenters. The van der Waals surface area contributed by atoms with Crippen molar-refractivity contribution >= 4 is 16.7 Å². The molecule has 1 amide bonds. The number of nitrogens with zero attached hydrogens (tertiary/aromatic N) is 2. The fourth-order valence-electron chi connectivity index (χ4n) is 4.19. The van der Waals surface area contributed by atoms with Gasteiger partial charge in [-0.05, 0) is 60.0 Å². The third kappa shape index (κ3) is 3.84. The summed E-state index contributed by atoms with van der Waals surface area (Å²) < 4.78 is 6.19. The van der Waals surface area contributed by atoms with E-state index in [0.717, 1.165) is 44.5 Å². The smallest absolute Gasteiger partial charge is 0.225 e. The van der Waals surface area contributed by atoms with Crippen molar-refractivity contribution in [2.75, 3.05) is 13.1 Å². The molecule has 0 N–H and O–H groups in total. The number of aryl methyl sites for hydroxylation is 1. The summed E-state index contributed by atoms with van der Waals surface area (Å²) in [5.41, 5.74) is 3.57. The Balaban J connectivity index is 1.24. The Labute approximate surface area is 171 Å². The van der Waals surface area contributed by atoms with E-state index < -0.39 is 0 Å². The van der Waals surface area contributed by atoms with Crippen molar-refractivity contribution in [1.82, 2.24) is 9.88 Å². The molecule has 1 aromatic heterocycles. The van der Waals surface area contributed by atoms with Crippen LogP contribution in [-0.4, -0.2) is 35.0 Å². The first-order valence-electron chi connectivity index (χ1n) is 10.6. The Kier molecular flexibility index (Phi) is 4.70. The number of amides is 1.